The first kappa shape index (κ1) is 50.5. The van der Waals surface area contributed by atoms with Crippen molar-refractivity contribution in [3.8, 4) is 11.5 Å². The average molecular weight is 900 g/mol. The van der Waals surface area contributed by atoms with Gasteiger partial charge in [-0.3, -0.25) is 9.11 Å². The van der Waals surface area contributed by atoms with Gasteiger partial charge < -0.3 is 31.5 Å². The standard InChI is InChI=1S/C34H27N9O11S3.3Na/c35-19-6-12-24(26(44)16-19)41-38-22-9-7-20(8-10-22)37-25-13-11-23(17-27(25)55(46,47)48)40-42-32-28(56(49,50)51)14-18-15-29(57(52,53)54)33(34(45)30(18)31(32)36)43-39-21-4-2-1-3-5-21;;;/h1-17,37,44-45H,35-36H2,(H,46,47,48)(H,49,50,51)(H,52,53,54);;;/q;3*+1/p-3. The summed E-state index contributed by atoms with van der Waals surface area (Å²) < 4.78 is 106. The molecule has 60 heavy (non-hydrogen) atoms. The van der Waals surface area contributed by atoms with Crippen molar-refractivity contribution in [3.63, 3.8) is 0 Å². The molecule has 0 spiro atoms. The molecule has 0 atom stereocenters. The van der Waals surface area contributed by atoms with Crippen LogP contribution in [0.15, 0.2) is 149 Å². The van der Waals surface area contributed by atoms with Gasteiger partial charge in [0.1, 0.15) is 25.6 Å². The third-order valence-corrected chi connectivity index (χ3v) is 10.4. The SMILES string of the molecule is Nc1ccc(N=Nc2ccc(Nc3ccc(N=Nc4c(S(=O)(=O)O)cc5cc(S(=O)(=O)O)c(N=Nc6ccccc6)c([O-])c5c4N)cc3S(=O)(=O)[O-])cc2)c([O-])c1.[Na+].[Na+].[Na+]. The van der Waals surface area contributed by atoms with Crippen LogP contribution < -0.4 is 116 Å². The maximum absolute atomic E-state index is 13.7. The Hall–Kier alpha value is -3.89. The molecule has 292 valence electrons. The number of nitrogens with zero attached hydrogens (tertiary/aromatic N) is 6. The van der Waals surface area contributed by atoms with Crippen molar-refractivity contribution in [3.05, 3.63) is 103 Å². The quantitative estimate of drug-likeness (QED) is 0.0390. The minimum absolute atomic E-state index is 0. The summed E-state index contributed by atoms with van der Waals surface area (Å²) in [6, 6.07) is 22.2. The first-order valence-electron chi connectivity index (χ1n) is 15.7. The molecular formula is C34H24N9Na3O11S3. The first-order valence-corrected chi connectivity index (χ1v) is 20.0. The van der Waals surface area contributed by atoms with Gasteiger partial charge >= 0.3 is 88.7 Å². The molecular weight excluding hydrogens is 876 g/mol. The van der Waals surface area contributed by atoms with Crippen molar-refractivity contribution in [2.24, 2.45) is 30.7 Å². The summed E-state index contributed by atoms with van der Waals surface area (Å²) in [5.41, 5.74) is 9.86. The van der Waals surface area contributed by atoms with Gasteiger partial charge in [0.05, 0.1) is 44.7 Å². The number of anilines is 4. The Morgan fingerprint density at radius 3 is 1.68 bits per heavy atom. The fourth-order valence-corrected chi connectivity index (χ4v) is 7.15. The van der Waals surface area contributed by atoms with E-state index in [9.17, 15) is 49.1 Å². The Balaban J connectivity index is 0.00000320. The third kappa shape index (κ3) is 11.9. The van der Waals surface area contributed by atoms with Crippen LogP contribution in [0.25, 0.3) is 10.8 Å². The monoisotopic (exact) mass is 899 g/mol. The van der Waals surface area contributed by atoms with Crippen LogP contribution in [0.2, 0.25) is 0 Å². The Labute approximate surface area is 408 Å². The van der Waals surface area contributed by atoms with Crippen LogP contribution in [0.4, 0.5) is 56.9 Å². The van der Waals surface area contributed by atoms with E-state index in [-0.39, 0.29) is 117 Å². The van der Waals surface area contributed by atoms with Crippen molar-refractivity contribution in [1.29, 1.82) is 0 Å². The molecule has 0 aromatic heterocycles. The number of azo groups is 3. The molecule has 0 heterocycles. The zero-order chi connectivity index (χ0) is 41.3. The minimum atomic E-state index is -5.24. The Kier molecular flexibility index (Phi) is 17.1. The molecule has 0 unspecified atom stereocenters. The van der Waals surface area contributed by atoms with Crippen LogP contribution in [0.1, 0.15) is 0 Å². The van der Waals surface area contributed by atoms with Crippen LogP contribution >= 0.6 is 0 Å². The number of fused-ring (bicyclic) bond motifs is 1. The fourth-order valence-electron chi connectivity index (χ4n) is 5.17. The first-order chi connectivity index (χ1) is 26.8. The number of rotatable bonds is 11. The summed E-state index contributed by atoms with van der Waals surface area (Å²) in [5.74, 6) is -1.67. The smallest absolute Gasteiger partial charge is 0.871 e. The van der Waals surface area contributed by atoms with E-state index in [0.29, 0.717) is 23.5 Å². The minimum Gasteiger partial charge on any atom is -0.871 e. The summed E-state index contributed by atoms with van der Waals surface area (Å²) in [4.78, 5) is -2.93. The van der Waals surface area contributed by atoms with Crippen molar-refractivity contribution in [1.82, 2.24) is 0 Å². The van der Waals surface area contributed by atoms with E-state index in [2.05, 4.69) is 36.0 Å². The van der Waals surface area contributed by atoms with E-state index in [4.69, 9.17) is 11.5 Å². The molecule has 0 aliphatic heterocycles. The van der Waals surface area contributed by atoms with Gasteiger partial charge in [0.2, 0.25) is 0 Å². The molecule has 0 fully saturated rings. The number of hydrogen-bond acceptors (Lipinski definition) is 18. The van der Waals surface area contributed by atoms with Crippen LogP contribution in [0.5, 0.6) is 11.5 Å². The summed E-state index contributed by atoms with van der Waals surface area (Å²) >= 11 is 0. The number of hydrogen-bond donors (Lipinski definition) is 5. The summed E-state index contributed by atoms with van der Waals surface area (Å²) in [6.07, 6.45) is 0. The average Bonchev–Trinajstić information content (AvgIpc) is 3.13. The Morgan fingerprint density at radius 2 is 1.10 bits per heavy atom. The second-order valence-electron chi connectivity index (χ2n) is 11.7. The van der Waals surface area contributed by atoms with E-state index < -0.39 is 84.4 Å². The largest absolute Gasteiger partial charge is 1.00 e. The van der Waals surface area contributed by atoms with Gasteiger partial charge in [-0.1, -0.05) is 29.7 Å². The van der Waals surface area contributed by atoms with Crippen molar-refractivity contribution in [2.45, 2.75) is 14.7 Å². The molecule has 0 saturated carbocycles. The topological polar surface area (TPSA) is 350 Å². The van der Waals surface area contributed by atoms with E-state index in [1.54, 1.807) is 18.2 Å². The molecule has 0 amide bonds. The summed E-state index contributed by atoms with van der Waals surface area (Å²) in [5, 5.41) is 50.4. The van der Waals surface area contributed by atoms with Gasteiger partial charge in [0, 0.05) is 16.8 Å². The molecule has 20 nitrogen and oxygen atoms in total. The van der Waals surface area contributed by atoms with Gasteiger partial charge in [-0.25, -0.2) is 8.42 Å². The predicted octanol–water partition coefficient (Wildman–Crippen LogP) is -2.45. The third-order valence-electron chi connectivity index (χ3n) is 7.78. The number of nitrogens with two attached hydrogens (primary N) is 2. The maximum atomic E-state index is 13.7. The molecule has 6 aromatic carbocycles. The van der Waals surface area contributed by atoms with Crippen LogP contribution in [-0.2, 0) is 30.4 Å². The van der Waals surface area contributed by atoms with E-state index in [0.717, 1.165) is 12.1 Å². The van der Waals surface area contributed by atoms with Gasteiger partial charge in [0.25, 0.3) is 20.2 Å². The van der Waals surface area contributed by atoms with E-state index >= 15 is 0 Å². The molecule has 0 aliphatic carbocycles. The molecule has 26 heteroatoms. The summed E-state index contributed by atoms with van der Waals surface area (Å²) in [7, 11) is -15.6. The van der Waals surface area contributed by atoms with E-state index in [1.807, 2.05) is 0 Å². The molecule has 0 saturated heterocycles. The van der Waals surface area contributed by atoms with Gasteiger partial charge in [-0.2, -0.15) is 37.3 Å². The van der Waals surface area contributed by atoms with Crippen molar-refractivity contribution in [2.75, 3.05) is 16.8 Å². The number of benzene rings is 6. The molecule has 0 aliphatic rings. The molecule has 0 radical (unpaired) electrons. The maximum Gasteiger partial charge on any atom is 1.00 e. The second-order valence-corrected chi connectivity index (χ2v) is 15.8. The zero-order valence-electron chi connectivity index (χ0n) is 31.4. The molecule has 0 bridgehead atoms. The second kappa shape index (κ2) is 20.3. The fraction of sp³-hybridized carbons (Fsp3) is 0. The molecule has 7 N–H and O–H groups in total. The van der Waals surface area contributed by atoms with Crippen LogP contribution in [0.3, 0.4) is 0 Å². The number of nitrogens with one attached hydrogen (secondary N) is 1. The predicted molar refractivity (Wildman–Crippen MR) is 201 cm³/mol. The van der Waals surface area contributed by atoms with Gasteiger partial charge in [0.15, 0.2) is 0 Å². The normalized spacial score (nSPS) is 12.0. The Bertz CT molecular complexity index is 3020. The van der Waals surface area contributed by atoms with Gasteiger partial charge in [-0.15, -0.1) is 10.2 Å². The van der Waals surface area contributed by atoms with E-state index in [1.165, 1.54) is 60.7 Å². The molecule has 6 aromatic rings. The van der Waals surface area contributed by atoms with Crippen LogP contribution in [-0.4, -0.2) is 38.9 Å². The van der Waals surface area contributed by atoms with Crippen molar-refractivity contribution < 1.29 is 138 Å². The number of nitrogen functional groups attached to an aromatic ring is 2. The molecule has 6 rings (SSSR count). The van der Waals surface area contributed by atoms with Crippen molar-refractivity contribution >= 4 is 98.0 Å². The summed E-state index contributed by atoms with van der Waals surface area (Å²) in [6.45, 7) is 0. The zero-order valence-corrected chi connectivity index (χ0v) is 39.9. The van der Waals surface area contributed by atoms with Crippen LogP contribution in [0, 0.1) is 0 Å². The Morgan fingerprint density at radius 1 is 0.567 bits per heavy atom. The van der Waals surface area contributed by atoms with Gasteiger partial charge in [-0.05, 0) is 90.3 Å².